The van der Waals surface area contributed by atoms with E-state index in [0.717, 1.165) is 15.6 Å². The van der Waals surface area contributed by atoms with Gasteiger partial charge in [-0.25, -0.2) is 0 Å². The molecule has 43 heavy (non-hydrogen) atoms. The molecule has 9 nitrogen and oxygen atoms in total. The van der Waals surface area contributed by atoms with Crippen LogP contribution in [-0.4, -0.2) is 84.4 Å². The van der Waals surface area contributed by atoms with Crippen molar-refractivity contribution < 1.29 is 28.7 Å². The van der Waals surface area contributed by atoms with E-state index in [0.29, 0.717) is 25.1 Å². The van der Waals surface area contributed by atoms with Crippen molar-refractivity contribution in [1.82, 2.24) is 9.80 Å². The number of amides is 3. The van der Waals surface area contributed by atoms with Crippen LogP contribution >= 0.6 is 0 Å². The molecule has 2 aromatic carbocycles. The van der Waals surface area contributed by atoms with Gasteiger partial charge in [0.25, 0.3) is 0 Å². The van der Waals surface area contributed by atoms with Gasteiger partial charge in [-0.1, -0.05) is 0 Å². The molecule has 0 radical (unpaired) electrons. The maximum atomic E-state index is 15.0. The number of rotatable bonds is 6. The van der Waals surface area contributed by atoms with Gasteiger partial charge in [-0.05, 0) is 0 Å². The number of nitrogens with zero attached hydrogens (tertiary/aromatic N) is 2. The molecule has 3 amide bonds. The molecule has 3 aliphatic rings. The minimum absolute atomic E-state index is 0.0489. The molecule has 3 aliphatic heterocycles. The van der Waals surface area contributed by atoms with Crippen molar-refractivity contribution in [2.45, 2.75) is 80.9 Å². The number of carbonyl (C=O) groups is 4. The Morgan fingerprint density at radius 1 is 1.09 bits per heavy atom. The molecule has 1 spiro atoms. The van der Waals surface area contributed by atoms with Crippen LogP contribution in [-0.2, 0) is 29.3 Å². The fourth-order valence-corrected chi connectivity index (χ4v) is 9.76. The summed E-state index contributed by atoms with van der Waals surface area (Å²) in [6.45, 7) is 11.7. The molecule has 0 aliphatic carbocycles. The van der Waals surface area contributed by atoms with E-state index in [9.17, 15) is 14.4 Å². The first kappa shape index (κ1) is 30.8. The van der Waals surface area contributed by atoms with Crippen molar-refractivity contribution in [1.29, 1.82) is 0 Å². The topological polar surface area (TPSA) is 105 Å². The molecule has 2 aromatic rings. The van der Waals surface area contributed by atoms with Gasteiger partial charge in [0, 0.05) is 0 Å². The second kappa shape index (κ2) is 11.5. The van der Waals surface area contributed by atoms with E-state index >= 15 is 4.79 Å². The molecule has 10 heteroatoms. The molecular weight excluding hydrogens is 613 g/mol. The molecule has 228 valence electrons. The van der Waals surface area contributed by atoms with Crippen LogP contribution in [0.5, 0.6) is 0 Å². The van der Waals surface area contributed by atoms with Gasteiger partial charge in [0.2, 0.25) is 0 Å². The number of hydrogen-bond donors (Lipinski definition) is 1. The van der Waals surface area contributed by atoms with E-state index in [4.69, 9.17) is 9.47 Å². The van der Waals surface area contributed by atoms with Crippen LogP contribution in [0.1, 0.15) is 58.9 Å². The molecule has 2 saturated heterocycles. The molecule has 1 N–H and O–H groups in total. The van der Waals surface area contributed by atoms with E-state index in [2.05, 4.69) is 11.9 Å². The van der Waals surface area contributed by atoms with E-state index < -0.39 is 54.6 Å². The maximum absolute atomic E-state index is 15.0. The first-order chi connectivity index (χ1) is 20.3. The van der Waals surface area contributed by atoms with Gasteiger partial charge in [0.15, 0.2) is 0 Å². The third-order valence-corrected chi connectivity index (χ3v) is 11.2. The van der Waals surface area contributed by atoms with Gasteiger partial charge in [0.1, 0.15) is 0 Å². The number of esters is 1. The molecule has 3 unspecified atom stereocenters. The minimum atomic E-state index is -1.47. The average molecular weight is 653 g/mol. The summed E-state index contributed by atoms with van der Waals surface area (Å²) < 4.78 is 10.6. The van der Waals surface area contributed by atoms with Crippen LogP contribution in [0.2, 0.25) is 0 Å². The van der Waals surface area contributed by atoms with Crippen LogP contribution in [0.15, 0.2) is 66.7 Å². The van der Waals surface area contributed by atoms with Gasteiger partial charge >= 0.3 is 260 Å². The number of hydrogen-bond acceptors (Lipinski definition) is 6. The molecule has 3 heterocycles. The Hall–Kier alpha value is -3.62. The summed E-state index contributed by atoms with van der Waals surface area (Å²) in [6.07, 6.45) is 0.788. The van der Waals surface area contributed by atoms with Crippen LogP contribution in [0.4, 0.5) is 10.5 Å². The second-order valence-corrected chi connectivity index (χ2v) is 15.4. The SMILES string of the molecule is C=C(C)CC1N(C(=O)[C@@H]2CCCN2C(=O)OC(C)(C)C)C([Se]c2ccccc2)(C(=O)OC)CC12C(=O)Nc1ccccc12. The zero-order valence-corrected chi connectivity index (χ0v) is 27.1. The van der Waals surface area contributed by atoms with Crippen molar-refractivity contribution in [2.75, 3.05) is 19.0 Å². The quantitative estimate of drug-likeness (QED) is 0.290. The number of ether oxygens (including phenoxy) is 2. The Balaban J connectivity index is 1.72. The van der Waals surface area contributed by atoms with Crippen LogP contribution in [0.25, 0.3) is 0 Å². The number of carbonyl (C=O) groups excluding carboxylic acids is 4. The predicted octanol–water partition coefficient (Wildman–Crippen LogP) is 3.74. The number of likely N-dealkylation sites (tertiary alicyclic amines) is 2. The summed E-state index contributed by atoms with van der Waals surface area (Å²) in [4.78, 5) is 59.8. The average Bonchev–Trinajstić information content (AvgIpc) is 3.62. The monoisotopic (exact) mass is 653 g/mol. The molecule has 0 saturated carbocycles. The summed E-state index contributed by atoms with van der Waals surface area (Å²) in [5.41, 5.74) is 0.198. The van der Waals surface area contributed by atoms with Gasteiger partial charge in [-0.2, -0.15) is 0 Å². The van der Waals surface area contributed by atoms with Crippen molar-refractivity contribution in [2.24, 2.45) is 0 Å². The van der Waals surface area contributed by atoms with Crippen molar-refractivity contribution in [3.8, 4) is 0 Å². The number of fused-ring (bicyclic) bond motifs is 2. The van der Waals surface area contributed by atoms with E-state index in [-0.39, 0.29) is 24.7 Å². The molecule has 4 atom stereocenters. The molecule has 0 aromatic heterocycles. The van der Waals surface area contributed by atoms with E-state index in [1.165, 1.54) is 12.0 Å². The number of methoxy groups -OCH3 is 1. The fraction of sp³-hybridized carbons (Fsp3) is 0.455. The summed E-state index contributed by atoms with van der Waals surface area (Å²) in [6, 6.07) is 15.4. The van der Waals surface area contributed by atoms with E-state index in [1.807, 2.05) is 61.5 Å². The Labute approximate surface area is 259 Å². The van der Waals surface area contributed by atoms with Crippen molar-refractivity contribution in [3.05, 3.63) is 72.3 Å². The number of anilines is 1. The zero-order chi connectivity index (χ0) is 31.2. The van der Waals surface area contributed by atoms with E-state index in [1.54, 1.807) is 25.7 Å². The van der Waals surface area contributed by atoms with Gasteiger partial charge in [-0.3, -0.25) is 0 Å². The Morgan fingerprint density at radius 3 is 2.42 bits per heavy atom. The Bertz CT molecular complexity index is 1460. The van der Waals surface area contributed by atoms with Crippen LogP contribution in [0.3, 0.4) is 0 Å². The third-order valence-electron chi connectivity index (χ3n) is 8.33. The number of para-hydroxylation sites is 1. The second-order valence-electron chi connectivity index (χ2n) is 12.6. The Kier molecular flexibility index (Phi) is 8.22. The van der Waals surface area contributed by atoms with Gasteiger partial charge in [0.05, 0.1) is 0 Å². The van der Waals surface area contributed by atoms with Crippen molar-refractivity contribution >= 4 is 49.0 Å². The first-order valence-corrected chi connectivity index (χ1v) is 16.3. The van der Waals surface area contributed by atoms with Crippen LogP contribution < -0.4 is 9.78 Å². The third kappa shape index (κ3) is 5.36. The summed E-state index contributed by atoms with van der Waals surface area (Å²) in [7, 11) is 1.32. The number of benzene rings is 2. The molecule has 5 rings (SSSR count). The first-order valence-electron chi connectivity index (χ1n) is 14.5. The summed E-state index contributed by atoms with van der Waals surface area (Å²) in [5, 5.41) is 3.04. The zero-order valence-electron chi connectivity index (χ0n) is 25.3. The summed E-state index contributed by atoms with van der Waals surface area (Å²) in [5.74, 6) is -1.22. The standard InChI is InChI=1S/C33H39N3O6Se/c1-21(2)19-26-32(23-15-10-11-16-24(23)34-28(32)38)20-33(29(39)41-6,43-22-13-8-7-9-14-22)36(26)27(37)25-17-12-18-35(25)30(40)42-31(3,4)5/h7-11,13-16,25-26H,1,12,17-20H2,2-6H3,(H,34,38)/t25-,26?,32?,33?/m0/s1. The molecular formula is C33H39N3O6Se. The van der Waals surface area contributed by atoms with Crippen molar-refractivity contribution in [3.63, 3.8) is 0 Å². The van der Waals surface area contributed by atoms with Crippen LogP contribution in [0, 0.1) is 0 Å². The van der Waals surface area contributed by atoms with Gasteiger partial charge < -0.3 is 0 Å². The molecule has 2 fully saturated rings. The predicted molar refractivity (Wildman–Crippen MR) is 164 cm³/mol. The van der Waals surface area contributed by atoms with Gasteiger partial charge in [-0.15, -0.1) is 0 Å². The number of nitrogens with one attached hydrogen (secondary N) is 1. The molecule has 0 bridgehead atoms. The fourth-order valence-electron chi connectivity index (χ4n) is 6.69. The Morgan fingerprint density at radius 2 is 1.77 bits per heavy atom. The normalized spacial score (nSPS) is 26.3. The summed E-state index contributed by atoms with van der Waals surface area (Å²) >= 11 is -0.666.